The Labute approximate surface area is 231 Å². The first-order valence-corrected chi connectivity index (χ1v) is 16.4. The first-order chi connectivity index (χ1) is 17.9. The van der Waals surface area contributed by atoms with Crippen LogP contribution >= 0.6 is 11.6 Å². The number of carbonyl (C=O) groups excluding carboxylic acids is 2. The lowest BCUT2D eigenvalue weighted by atomic mass is 9.93. The maximum absolute atomic E-state index is 13.5. The maximum atomic E-state index is 13.5. The van der Waals surface area contributed by atoms with Crippen LogP contribution in [0.2, 0.25) is 23.2 Å². The summed E-state index contributed by atoms with van der Waals surface area (Å²) in [6.07, 6.45) is 5.85. The lowest BCUT2D eigenvalue weighted by molar-refractivity contribution is -0.138. The van der Waals surface area contributed by atoms with Crippen molar-refractivity contribution in [3.8, 4) is 0 Å². The van der Waals surface area contributed by atoms with Crippen molar-refractivity contribution in [1.82, 2.24) is 9.97 Å². The molecule has 1 aliphatic carbocycles. The molecule has 1 aromatic carbocycles. The lowest BCUT2D eigenvalue weighted by Gasteiger charge is -2.41. The summed E-state index contributed by atoms with van der Waals surface area (Å²) in [5, 5.41) is 4.07. The molecular weight excluding hydrogens is 522 g/mol. The lowest BCUT2D eigenvalue weighted by Crippen LogP contribution is -2.50. The number of para-hydroxylation sites is 1. The van der Waals surface area contributed by atoms with Gasteiger partial charge >= 0.3 is 12.0 Å². The van der Waals surface area contributed by atoms with E-state index in [0.717, 1.165) is 25.7 Å². The molecule has 0 atom stereocenters. The van der Waals surface area contributed by atoms with Crippen molar-refractivity contribution < 1.29 is 18.8 Å². The van der Waals surface area contributed by atoms with Gasteiger partial charge in [0.1, 0.15) is 12.4 Å². The van der Waals surface area contributed by atoms with Crippen LogP contribution in [0.4, 0.5) is 22.2 Å². The van der Waals surface area contributed by atoms with Gasteiger partial charge in [-0.3, -0.25) is 14.6 Å². The second-order valence-corrected chi connectivity index (χ2v) is 16.7. The van der Waals surface area contributed by atoms with Gasteiger partial charge in [0.25, 0.3) is 0 Å². The smallest absolute Gasteiger partial charge is 0.331 e. The SMILES string of the molecule is COC(=O)CN1C(=O)N(c2ccccc2Cl)Cc2cnc(NC3CCC(O[Si](C)(C)C(C)(C)C)CC3)nc21. The number of halogens is 1. The third-order valence-corrected chi connectivity index (χ3v) is 12.7. The van der Waals surface area contributed by atoms with Gasteiger partial charge in [-0.05, 0) is 55.9 Å². The number of rotatable bonds is 7. The average molecular weight is 560 g/mol. The normalized spacial score (nSPS) is 20.2. The molecular formula is C27H38ClN5O4Si. The summed E-state index contributed by atoms with van der Waals surface area (Å²) in [7, 11) is -0.509. The van der Waals surface area contributed by atoms with Crippen LogP contribution in [0.15, 0.2) is 30.5 Å². The molecule has 1 aromatic heterocycles. The van der Waals surface area contributed by atoms with Gasteiger partial charge in [0, 0.05) is 23.9 Å². The van der Waals surface area contributed by atoms with E-state index in [9.17, 15) is 9.59 Å². The van der Waals surface area contributed by atoms with Crippen molar-refractivity contribution >= 4 is 49.4 Å². The number of hydrogen-bond acceptors (Lipinski definition) is 7. The van der Waals surface area contributed by atoms with Gasteiger partial charge in [-0.2, -0.15) is 4.98 Å². The average Bonchev–Trinajstić information content (AvgIpc) is 2.86. The summed E-state index contributed by atoms with van der Waals surface area (Å²) < 4.78 is 11.5. The van der Waals surface area contributed by atoms with Crippen molar-refractivity contribution in [3.63, 3.8) is 0 Å². The summed E-state index contributed by atoms with van der Waals surface area (Å²) >= 11 is 6.38. The summed E-state index contributed by atoms with van der Waals surface area (Å²) in [4.78, 5) is 37.8. The zero-order chi connectivity index (χ0) is 27.7. The van der Waals surface area contributed by atoms with E-state index in [1.54, 1.807) is 24.4 Å². The number of nitrogens with one attached hydrogen (secondary N) is 1. The monoisotopic (exact) mass is 559 g/mol. The zero-order valence-electron chi connectivity index (χ0n) is 23.1. The van der Waals surface area contributed by atoms with E-state index >= 15 is 0 Å². The second-order valence-electron chi connectivity index (χ2n) is 11.5. The molecule has 1 fully saturated rings. The predicted molar refractivity (Wildman–Crippen MR) is 152 cm³/mol. The highest BCUT2D eigenvalue weighted by molar-refractivity contribution is 6.74. The van der Waals surface area contributed by atoms with E-state index in [2.05, 4.69) is 49.1 Å². The van der Waals surface area contributed by atoms with Crippen molar-refractivity contribution in [3.05, 3.63) is 41.0 Å². The molecule has 9 nitrogen and oxygen atoms in total. The number of fused-ring (bicyclic) bond motifs is 1. The molecule has 0 spiro atoms. The second kappa shape index (κ2) is 11.2. The van der Waals surface area contributed by atoms with E-state index in [1.807, 2.05) is 6.07 Å². The Balaban J connectivity index is 1.49. The Hall–Kier alpha value is -2.69. The molecule has 1 saturated carbocycles. The topological polar surface area (TPSA) is 96.9 Å². The molecule has 11 heteroatoms. The summed E-state index contributed by atoms with van der Waals surface area (Å²) in [5.74, 6) is 0.293. The third-order valence-electron chi connectivity index (χ3n) is 7.82. The zero-order valence-corrected chi connectivity index (χ0v) is 24.8. The number of carbonyl (C=O) groups is 2. The fraction of sp³-hybridized carbons (Fsp3) is 0.556. The minimum Gasteiger partial charge on any atom is -0.468 e. The molecule has 0 saturated heterocycles. The molecule has 2 aliphatic rings. The number of amides is 2. The van der Waals surface area contributed by atoms with Crippen LogP contribution in [-0.4, -0.2) is 56.1 Å². The number of aromatic nitrogens is 2. The molecule has 4 rings (SSSR count). The number of methoxy groups -OCH3 is 1. The Kier molecular flexibility index (Phi) is 8.34. The molecule has 1 N–H and O–H groups in total. The van der Waals surface area contributed by atoms with Gasteiger partial charge in [-0.1, -0.05) is 44.5 Å². The number of nitrogens with zero attached hydrogens (tertiary/aromatic N) is 4. The quantitative estimate of drug-likeness (QED) is 0.328. The first kappa shape index (κ1) is 28.3. The van der Waals surface area contributed by atoms with Gasteiger partial charge in [-0.25, -0.2) is 9.78 Å². The van der Waals surface area contributed by atoms with Crippen LogP contribution in [0.3, 0.4) is 0 Å². The standard InChI is InChI=1S/C27H38ClN5O4Si/c1-27(2,3)38(5,6)37-20-13-11-19(12-14-20)30-25-29-15-18-16-32(22-10-8-7-9-21(22)28)26(35)33(24(18)31-25)17-23(34)36-4/h7-10,15,19-20H,11-14,16-17H2,1-6H3,(H,29,30,31). The molecule has 2 amide bonds. The molecule has 2 heterocycles. The van der Waals surface area contributed by atoms with Gasteiger partial charge in [0.2, 0.25) is 5.95 Å². The maximum Gasteiger partial charge on any atom is 0.331 e. The molecule has 38 heavy (non-hydrogen) atoms. The largest absolute Gasteiger partial charge is 0.468 e. The summed E-state index contributed by atoms with van der Waals surface area (Å²) in [5.41, 5.74) is 1.27. The number of urea groups is 1. The van der Waals surface area contributed by atoms with E-state index in [0.29, 0.717) is 28.0 Å². The van der Waals surface area contributed by atoms with Crippen molar-refractivity contribution in [2.45, 2.75) is 83.3 Å². The Bertz CT molecular complexity index is 1180. The van der Waals surface area contributed by atoms with Gasteiger partial charge in [0.05, 0.1) is 24.4 Å². The van der Waals surface area contributed by atoms with Gasteiger partial charge < -0.3 is 14.5 Å². The number of hydrogen-bond donors (Lipinski definition) is 1. The molecule has 1 aliphatic heterocycles. The molecule has 2 aromatic rings. The van der Waals surface area contributed by atoms with E-state index in [4.69, 9.17) is 20.8 Å². The molecule has 0 bridgehead atoms. The van der Waals surface area contributed by atoms with Crippen molar-refractivity contribution in [2.75, 3.05) is 28.8 Å². The highest BCUT2D eigenvalue weighted by Gasteiger charge is 2.40. The molecule has 0 radical (unpaired) electrons. The Morgan fingerprint density at radius 2 is 1.87 bits per heavy atom. The van der Waals surface area contributed by atoms with Crippen LogP contribution in [0.1, 0.15) is 52.0 Å². The van der Waals surface area contributed by atoms with Crippen LogP contribution in [0.5, 0.6) is 0 Å². The van der Waals surface area contributed by atoms with Gasteiger partial charge in [0.15, 0.2) is 8.32 Å². The summed E-state index contributed by atoms with van der Waals surface area (Å²) in [6.45, 7) is 11.4. The Morgan fingerprint density at radius 3 is 2.50 bits per heavy atom. The summed E-state index contributed by atoms with van der Waals surface area (Å²) in [6, 6.07) is 6.91. The molecule has 0 unspecified atom stereocenters. The molecule has 206 valence electrons. The van der Waals surface area contributed by atoms with Crippen molar-refractivity contribution in [2.24, 2.45) is 0 Å². The number of ether oxygens (including phenoxy) is 1. The number of anilines is 3. The van der Waals surface area contributed by atoms with Gasteiger partial charge in [-0.15, -0.1) is 0 Å². The van der Waals surface area contributed by atoms with E-state index in [-0.39, 0.29) is 30.3 Å². The fourth-order valence-corrected chi connectivity index (χ4v) is 6.24. The third kappa shape index (κ3) is 6.13. The van der Waals surface area contributed by atoms with Crippen molar-refractivity contribution in [1.29, 1.82) is 0 Å². The fourth-order valence-electron chi connectivity index (χ4n) is 4.58. The van der Waals surface area contributed by atoms with Crippen LogP contribution in [0.25, 0.3) is 0 Å². The predicted octanol–water partition coefficient (Wildman–Crippen LogP) is 5.99. The highest BCUT2D eigenvalue weighted by Crippen LogP contribution is 2.39. The minimum absolute atomic E-state index is 0.188. The Morgan fingerprint density at radius 1 is 1.18 bits per heavy atom. The van der Waals surface area contributed by atoms with E-state index in [1.165, 1.54) is 16.9 Å². The number of esters is 1. The first-order valence-electron chi connectivity index (χ1n) is 13.1. The van der Waals surface area contributed by atoms with Crippen LogP contribution in [0, 0.1) is 0 Å². The highest BCUT2D eigenvalue weighted by atomic mass is 35.5. The minimum atomic E-state index is -1.80. The number of benzene rings is 1. The van der Waals surface area contributed by atoms with Crippen LogP contribution < -0.4 is 15.1 Å². The van der Waals surface area contributed by atoms with E-state index < -0.39 is 20.3 Å². The van der Waals surface area contributed by atoms with Crippen LogP contribution in [-0.2, 0) is 20.5 Å².